The minimum Gasteiger partial charge on any atom is -0.390 e. The molecule has 0 aromatic carbocycles. The molecule has 2 N–H and O–H groups in total. The number of H-pyrrole nitrogens is 1. The van der Waals surface area contributed by atoms with Crippen LogP contribution in [0.1, 0.15) is 50.3 Å². The predicted molar refractivity (Wildman–Crippen MR) is 70.4 cm³/mol. The molecule has 0 amide bonds. The molecule has 4 nitrogen and oxygen atoms in total. The first kappa shape index (κ1) is 12.2. The van der Waals surface area contributed by atoms with Gasteiger partial charge in [0.2, 0.25) is 0 Å². The summed E-state index contributed by atoms with van der Waals surface area (Å²) in [7, 11) is 0. The Morgan fingerprint density at radius 3 is 3.00 bits per heavy atom. The monoisotopic (exact) mass is 249 g/mol. The summed E-state index contributed by atoms with van der Waals surface area (Å²) in [5, 5.41) is 10.1. The Kier molecular flexibility index (Phi) is 3.39. The Hall–Kier alpha value is -0.870. The van der Waals surface area contributed by atoms with Crippen molar-refractivity contribution in [3.8, 4) is 0 Å². The van der Waals surface area contributed by atoms with Crippen molar-refractivity contribution < 1.29 is 5.11 Å². The summed E-state index contributed by atoms with van der Waals surface area (Å²) < 4.78 is 0. The molecule has 100 valence electrons. The number of likely N-dealkylation sites (tertiary alicyclic amines) is 1. The van der Waals surface area contributed by atoms with Gasteiger partial charge in [-0.15, -0.1) is 0 Å². The maximum absolute atomic E-state index is 10.1. The summed E-state index contributed by atoms with van der Waals surface area (Å²) in [5.74, 6) is 1.67. The molecule has 1 aromatic rings. The van der Waals surface area contributed by atoms with Gasteiger partial charge in [0.1, 0.15) is 5.82 Å². The molecule has 1 aliphatic carbocycles. The molecule has 1 atom stereocenters. The zero-order chi connectivity index (χ0) is 12.4. The van der Waals surface area contributed by atoms with E-state index in [4.69, 9.17) is 0 Å². The maximum Gasteiger partial charge on any atom is 0.110 e. The van der Waals surface area contributed by atoms with Gasteiger partial charge >= 0.3 is 0 Å². The summed E-state index contributed by atoms with van der Waals surface area (Å²) in [6.07, 6.45) is 10.4. The van der Waals surface area contributed by atoms with Crippen molar-refractivity contribution in [1.29, 1.82) is 0 Å². The van der Waals surface area contributed by atoms with Crippen LogP contribution in [0.25, 0.3) is 0 Å². The summed E-state index contributed by atoms with van der Waals surface area (Å²) >= 11 is 0. The van der Waals surface area contributed by atoms with Crippen LogP contribution < -0.4 is 0 Å². The summed E-state index contributed by atoms with van der Waals surface area (Å²) in [4.78, 5) is 10.1. The van der Waals surface area contributed by atoms with Gasteiger partial charge < -0.3 is 15.0 Å². The zero-order valence-electron chi connectivity index (χ0n) is 10.9. The third-order valence-electron chi connectivity index (χ3n) is 4.59. The normalized spacial score (nSPS) is 27.9. The molecule has 3 rings (SSSR count). The van der Waals surface area contributed by atoms with E-state index in [1.54, 1.807) is 0 Å². The Morgan fingerprint density at radius 1 is 1.44 bits per heavy atom. The van der Waals surface area contributed by atoms with Gasteiger partial charge in [0, 0.05) is 31.4 Å². The molecular weight excluding hydrogens is 226 g/mol. The van der Waals surface area contributed by atoms with E-state index < -0.39 is 0 Å². The lowest BCUT2D eigenvalue weighted by Gasteiger charge is -2.39. The number of piperidine rings is 1. The molecule has 18 heavy (non-hydrogen) atoms. The lowest BCUT2D eigenvalue weighted by molar-refractivity contribution is -0.0475. The molecule has 4 heteroatoms. The van der Waals surface area contributed by atoms with Crippen LogP contribution in [0.2, 0.25) is 0 Å². The lowest BCUT2D eigenvalue weighted by atomic mass is 9.77. The highest BCUT2D eigenvalue weighted by Crippen LogP contribution is 2.35. The molecule has 0 radical (unpaired) electrons. The van der Waals surface area contributed by atoms with Crippen molar-refractivity contribution in [2.24, 2.45) is 0 Å². The fourth-order valence-corrected chi connectivity index (χ4v) is 3.18. The van der Waals surface area contributed by atoms with Crippen LogP contribution >= 0.6 is 0 Å². The largest absolute Gasteiger partial charge is 0.390 e. The molecule has 1 saturated carbocycles. The molecule has 1 unspecified atom stereocenters. The topological polar surface area (TPSA) is 52.1 Å². The molecule has 1 aliphatic heterocycles. The minimum atomic E-state index is -0.336. The van der Waals surface area contributed by atoms with E-state index in [-0.39, 0.29) is 5.60 Å². The third kappa shape index (κ3) is 2.59. The smallest absolute Gasteiger partial charge is 0.110 e. The van der Waals surface area contributed by atoms with Crippen molar-refractivity contribution in [3.63, 3.8) is 0 Å². The number of rotatable bonds is 4. The fourth-order valence-electron chi connectivity index (χ4n) is 3.18. The average Bonchev–Trinajstić information content (AvgIpc) is 2.88. The van der Waals surface area contributed by atoms with E-state index in [2.05, 4.69) is 14.9 Å². The van der Waals surface area contributed by atoms with Crippen LogP contribution in [0.15, 0.2) is 12.4 Å². The highest BCUT2D eigenvalue weighted by molar-refractivity contribution is 5.00. The van der Waals surface area contributed by atoms with E-state index in [9.17, 15) is 5.11 Å². The predicted octanol–water partition coefficient (Wildman–Crippen LogP) is 1.89. The van der Waals surface area contributed by atoms with Crippen LogP contribution in [0.5, 0.6) is 0 Å². The highest BCUT2D eigenvalue weighted by Gasteiger charge is 2.34. The first-order chi connectivity index (χ1) is 8.75. The SMILES string of the molecule is OC1(CCN2CCCC(c3ncc[nH]3)C2)CCC1. The van der Waals surface area contributed by atoms with Crippen LogP contribution in [0.3, 0.4) is 0 Å². The number of aromatic amines is 1. The number of imidazole rings is 1. The van der Waals surface area contributed by atoms with Gasteiger partial charge in [-0.1, -0.05) is 0 Å². The molecule has 2 heterocycles. The fraction of sp³-hybridized carbons (Fsp3) is 0.786. The molecule has 1 aromatic heterocycles. The number of nitrogens with one attached hydrogen (secondary N) is 1. The standard InChI is InChI=1S/C14H23N3O/c18-14(4-2-5-14)6-10-17-9-1-3-12(11-17)13-15-7-8-16-13/h7-8,12,18H,1-6,9-11H2,(H,15,16). The Morgan fingerprint density at radius 2 is 2.33 bits per heavy atom. The van der Waals surface area contributed by atoms with E-state index in [1.165, 1.54) is 25.8 Å². The van der Waals surface area contributed by atoms with Crippen LogP contribution in [-0.2, 0) is 0 Å². The molecule has 2 fully saturated rings. The second-order valence-corrected chi connectivity index (χ2v) is 5.94. The number of hydrogen-bond acceptors (Lipinski definition) is 3. The number of nitrogens with zero attached hydrogens (tertiary/aromatic N) is 2. The number of aliphatic hydroxyl groups is 1. The van der Waals surface area contributed by atoms with Crippen molar-refractivity contribution in [1.82, 2.24) is 14.9 Å². The lowest BCUT2D eigenvalue weighted by Crippen LogP contribution is -2.43. The van der Waals surface area contributed by atoms with Gasteiger partial charge in [-0.05, 0) is 45.1 Å². The Labute approximate surface area is 108 Å². The quantitative estimate of drug-likeness (QED) is 0.857. The number of aromatic nitrogens is 2. The van der Waals surface area contributed by atoms with Gasteiger partial charge in [-0.2, -0.15) is 0 Å². The minimum absolute atomic E-state index is 0.336. The van der Waals surface area contributed by atoms with Crippen molar-refractivity contribution in [3.05, 3.63) is 18.2 Å². The highest BCUT2D eigenvalue weighted by atomic mass is 16.3. The van der Waals surface area contributed by atoms with Gasteiger partial charge in [-0.3, -0.25) is 0 Å². The summed E-state index contributed by atoms with van der Waals surface area (Å²) in [6, 6.07) is 0. The molecule has 0 bridgehead atoms. The maximum atomic E-state index is 10.1. The van der Waals surface area contributed by atoms with Gasteiger partial charge in [-0.25, -0.2) is 4.98 Å². The second-order valence-electron chi connectivity index (χ2n) is 5.94. The third-order valence-corrected chi connectivity index (χ3v) is 4.59. The van der Waals surface area contributed by atoms with Gasteiger partial charge in [0.15, 0.2) is 0 Å². The molecule has 2 aliphatic rings. The van der Waals surface area contributed by atoms with Crippen molar-refractivity contribution in [2.45, 2.75) is 50.0 Å². The van der Waals surface area contributed by atoms with E-state index in [0.29, 0.717) is 5.92 Å². The van der Waals surface area contributed by atoms with Crippen molar-refractivity contribution >= 4 is 0 Å². The van der Waals surface area contributed by atoms with Gasteiger partial charge in [0.05, 0.1) is 5.60 Å². The van der Waals surface area contributed by atoms with Crippen molar-refractivity contribution in [2.75, 3.05) is 19.6 Å². The summed E-state index contributed by atoms with van der Waals surface area (Å²) in [6.45, 7) is 3.30. The van der Waals surface area contributed by atoms with E-state index in [0.717, 1.165) is 38.2 Å². The van der Waals surface area contributed by atoms with E-state index >= 15 is 0 Å². The first-order valence-corrected chi connectivity index (χ1v) is 7.19. The van der Waals surface area contributed by atoms with E-state index in [1.807, 2.05) is 12.4 Å². The van der Waals surface area contributed by atoms with Gasteiger partial charge in [0.25, 0.3) is 0 Å². The van der Waals surface area contributed by atoms with Crippen LogP contribution in [-0.4, -0.2) is 45.2 Å². The average molecular weight is 249 g/mol. The summed E-state index contributed by atoms with van der Waals surface area (Å²) in [5.41, 5.74) is -0.336. The molecular formula is C14H23N3O. The Balaban J connectivity index is 1.51. The number of hydrogen-bond donors (Lipinski definition) is 2. The Bertz CT molecular complexity index is 372. The zero-order valence-corrected chi connectivity index (χ0v) is 10.9. The van der Waals surface area contributed by atoms with Crippen LogP contribution in [0.4, 0.5) is 0 Å². The first-order valence-electron chi connectivity index (χ1n) is 7.19. The second kappa shape index (κ2) is 5.02. The molecule has 1 saturated heterocycles. The molecule has 0 spiro atoms. The van der Waals surface area contributed by atoms with Crippen LogP contribution in [0, 0.1) is 0 Å².